The van der Waals surface area contributed by atoms with Gasteiger partial charge in [0.1, 0.15) is 13.2 Å². The molecule has 422 valence electrons. The predicted molar refractivity (Wildman–Crippen MR) is 311 cm³/mol. The molecular weight excluding hydrogens is 912 g/mol. The van der Waals surface area contributed by atoms with Crippen molar-refractivity contribution >= 4 is 13.7 Å². The minimum Gasteiger partial charge on any atom is -0.756 e. The van der Waals surface area contributed by atoms with Crippen molar-refractivity contribution in [2.75, 3.05) is 40.9 Å². The van der Waals surface area contributed by atoms with Gasteiger partial charge in [0.15, 0.2) is 0 Å². The molecule has 9 heteroatoms. The van der Waals surface area contributed by atoms with Gasteiger partial charge in [-0.3, -0.25) is 9.36 Å². The average molecular weight is 1030 g/mol. The number of nitrogens with one attached hydrogen (secondary N) is 1. The predicted octanol–water partition coefficient (Wildman–Crippen LogP) is 18.2. The fraction of sp³-hybridized carbons (Fsp3) is 0.825. The van der Waals surface area contributed by atoms with Crippen LogP contribution in [0.1, 0.15) is 284 Å². The maximum atomic E-state index is 13.0. The van der Waals surface area contributed by atoms with Crippen molar-refractivity contribution < 1.29 is 32.9 Å². The van der Waals surface area contributed by atoms with Gasteiger partial charge < -0.3 is 28.8 Å². The Hall–Kier alpha value is -1.80. The van der Waals surface area contributed by atoms with Crippen molar-refractivity contribution in [3.05, 3.63) is 60.8 Å². The second-order valence-corrected chi connectivity index (χ2v) is 23.4. The molecule has 1 amide bonds. The summed E-state index contributed by atoms with van der Waals surface area (Å²) in [4.78, 5) is 25.5. The number of quaternary nitrogens is 1. The van der Waals surface area contributed by atoms with Crippen LogP contribution < -0.4 is 10.2 Å². The first-order chi connectivity index (χ1) is 35.0. The summed E-state index contributed by atoms with van der Waals surface area (Å²) in [5, 5.41) is 13.9. The van der Waals surface area contributed by atoms with Crippen molar-refractivity contribution in [1.29, 1.82) is 0 Å². The molecule has 0 aromatic carbocycles. The van der Waals surface area contributed by atoms with E-state index in [0.717, 1.165) is 64.2 Å². The zero-order chi connectivity index (χ0) is 52.7. The third kappa shape index (κ3) is 55.9. The topological polar surface area (TPSA) is 108 Å². The quantitative estimate of drug-likeness (QED) is 0.0272. The number of nitrogens with zero attached hydrogens (tertiary/aromatic N) is 1. The number of hydrogen-bond donors (Lipinski definition) is 2. The highest BCUT2D eigenvalue weighted by molar-refractivity contribution is 7.45. The number of likely N-dealkylation sites (N-methyl/N-ethyl adjacent to an activating group) is 1. The lowest BCUT2D eigenvalue weighted by Gasteiger charge is -2.29. The molecule has 0 radical (unpaired) electrons. The molecule has 0 aliphatic heterocycles. The number of phosphoric acid groups is 1. The van der Waals surface area contributed by atoms with E-state index < -0.39 is 20.0 Å². The Morgan fingerprint density at radius 2 is 0.847 bits per heavy atom. The van der Waals surface area contributed by atoms with Crippen molar-refractivity contribution in [3.63, 3.8) is 0 Å². The standard InChI is InChI=1S/C63H119N2O6P/c1-6-8-10-12-14-16-18-20-21-22-23-24-25-26-27-28-29-30-31-32-33-34-35-36-37-38-39-40-41-42-43-45-47-49-51-53-55-57-63(67)64-61(60-71-72(68,69)70-59-58-65(3,4)5)62(66)56-54-52-50-48-46-44-19-17-15-13-11-9-7-2/h8,10,14,16,20-21,23-24,54,56,61-62,66H,6-7,9,11-13,15,17-19,22,25-53,55,57-60H2,1-5H3,(H-,64,67,68,69)/b10-8-,16-14-,21-20-,24-23-,56-54+. The third-order valence-corrected chi connectivity index (χ3v) is 14.7. The molecule has 8 nitrogen and oxygen atoms in total. The van der Waals surface area contributed by atoms with Gasteiger partial charge in [0.25, 0.3) is 7.82 Å². The number of phosphoric ester groups is 1. The Balaban J connectivity index is 3.92. The first-order valence-corrected chi connectivity index (χ1v) is 32.1. The fourth-order valence-electron chi connectivity index (χ4n) is 8.97. The van der Waals surface area contributed by atoms with Crippen LogP contribution in [0.25, 0.3) is 0 Å². The molecule has 0 spiro atoms. The van der Waals surface area contributed by atoms with Crippen LogP contribution in [0.4, 0.5) is 0 Å². The summed E-state index contributed by atoms with van der Waals surface area (Å²) < 4.78 is 23.3. The zero-order valence-corrected chi connectivity index (χ0v) is 49.0. The summed E-state index contributed by atoms with van der Waals surface area (Å²) in [5.74, 6) is -0.194. The molecule has 0 aliphatic carbocycles. The summed E-state index contributed by atoms with van der Waals surface area (Å²) in [6, 6.07) is -0.885. The van der Waals surface area contributed by atoms with Crippen molar-refractivity contribution in [2.24, 2.45) is 0 Å². The van der Waals surface area contributed by atoms with Crippen molar-refractivity contribution in [2.45, 2.75) is 296 Å². The Labute approximate surface area is 447 Å². The smallest absolute Gasteiger partial charge is 0.268 e. The minimum absolute atomic E-state index is 0.0000843. The van der Waals surface area contributed by atoms with Gasteiger partial charge in [0.2, 0.25) is 5.91 Å². The summed E-state index contributed by atoms with van der Waals surface area (Å²) >= 11 is 0. The van der Waals surface area contributed by atoms with Crippen LogP contribution in [0.15, 0.2) is 60.8 Å². The van der Waals surface area contributed by atoms with E-state index >= 15 is 0 Å². The largest absolute Gasteiger partial charge is 0.756 e. The van der Waals surface area contributed by atoms with Gasteiger partial charge >= 0.3 is 0 Å². The molecule has 2 N–H and O–H groups in total. The number of carbonyl (C=O) groups excluding carboxylic acids is 1. The normalized spacial score (nSPS) is 14.3. The van der Waals surface area contributed by atoms with Crippen LogP contribution >= 0.6 is 7.82 Å². The number of allylic oxidation sites excluding steroid dienone is 9. The van der Waals surface area contributed by atoms with Gasteiger partial charge in [-0.15, -0.1) is 0 Å². The van der Waals surface area contributed by atoms with Gasteiger partial charge in [-0.05, 0) is 57.8 Å². The lowest BCUT2D eigenvalue weighted by molar-refractivity contribution is -0.870. The third-order valence-electron chi connectivity index (χ3n) is 13.7. The van der Waals surface area contributed by atoms with E-state index in [9.17, 15) is 19.4 Å². The molecular formula is C63H119N2O6P. The fourth-order valence-corrected chi connectivity index (χ4v) is 9.69. The summed E-state index contributed by atoms with van der Waals surface area (Å²) in [7, 11) is 1.27. The SMILES string of the molecule is CC/C=C\C/C=C\C/C=C\C/C=C\CCCCCCCCCCCCCCCCCCCCCCCCCCC(=O)NC(COP(=O)([O-])OCC[N+](C)(C)C)C(O)/C=C/CCCCCCCCCCCCC. The molecule has 3 atom stereocenters. The lowest BCUT2D eigenvalue weighted by atomic mass is 10.0. The van der Waals surface area contributed by atoms with Gasteiger partial charge in [0.05, 0.1) is 39.9 Å². The summed E-state index contributed by atoms with van der Waals surface area (Å²) in [6.07, 6.45) is 73.3. The van der Waals surface area contributed by atoms with Crippen molar-refractivity contribution in [3.8, 4) is 0 Å². The number of aliphatic hydroxyl groups excluding tert-OH is 1. The maximum Gasteiger partial charge on any atom is 0.268 e. The van der Waals surface area contributed by atoms with E-state index in [1.54, 1.807) is 6.08 Å². The Bertz CT molecular complexity index is 1360. The highest BCUT2D eigenvalue weighted by atomic mass is 31.2. The molecule has 0 aromatic rings. The molecule has 3 unspecified atom stereocenters. The van der Waals surface area contributed by atoms with E-state index in [4.69, 9.17) is 9.05 Å². The molecule has 72 heavy (non-hydrogen) atoms. The molecule has 0 saturated carbocycles. The van der Waals surface area contributed by atoms with E-state index in [2.05, 4.69) is 67.8 Å². The van der Waals surface area contributed by atoms with E-state index in [-0.39, 0.29) is 19.1 Å². The molecule has 0 aliphatic rings. The Morgan fingerprint density at radius 3 is 1.24 bits per heavy atom. The number of rotatable bonds is 56. The number of amides is 1. The Kier molecular flexibility index (Phi) is 52.7. The van der Waals surface area contributed by atoms with Gasteiger partial charge in [-0.2, -0.15) is 0 Å². The second-order valence-electron chi connectivity index (χ2n) is 22.0. The highest BCUT2D eigenvalue weighted by Crippen LogP contribution is 2.38. The number of carbonyl (C=O) groups is 1. The maximum absolute atomic E-state index is 13.0. The van der Waals surface area contributed by atoms with Gasteiger partial charge in [0, 0.05) is 6.42 Å². The monoisotopic (exact) mass is 1030 g/mol. The van der Waals surface area contributed by atoms with Gasteiger partial charge in [-0.25, -0.2) is 0 Å². The van der Waals surface area contributed by atoms with Crippen LogP contribution in [-0.4, -0.2) is 68.5 Å². The second kappa shape index (κ2) is 54.0. The van der Waals surface area contributed by atoms with Gasteiger partial charge in [-0.1, -0.05) is 280 Å². The average Bonchev–Trinajstić information content (AvgIpc) is 3.34. The lowest BCUT2D eigenvalue weighted by Crippen LogP contribution is -2.45. The van der Waals surface area contributed by atoms with Crippen LogP contribution in [0.3, 0.4) is 0 Å². The molecule has 0 heterocycles. The first kappa shape index (κ1) is 70.2. The van der Waals surface area contributed by atoms with Crippen LogP contribution in [-0.2, 0) is 18.4 Å². The van der Waals surface area contributed by atoms with Crippen LogP contribution in [0.5, 0.6) is 0 Å². The van der Waals surface area contributed by atoms with E-state index in [0.29, 0.717) is 17.4 Å². The molecule has 0 rings (SSSR count). The number of unbranched alkanes of at least 4 members (excludes halogenated alkanes) is 35. The minimum atomic E-state index is -4.59. The van der Waals surface area contributed by atoms with Crippen LogP contribution in [0.2, 0.25) is 0 Å². The number of aliphatic hydroxyl groups is 1. The number of hydrogen-bond acceptors (Lipinski definition) is 6. The highest BCUT2D eigenvalue weighted by Gasteiger charge is 2.23. The molecule has 0 bridgehead atoms. The summed E-state index contributed by atoms with van der Waals surface area (Å²) in [5.41, 5.74) is 0. The molecule has 0 aromatic heterocycles. The first-order valence-electron chi connectivity index (χ1n) is 30.7. The Morgan fingerprint density at radius 1 is 0.500 bits per heavy atom. The van der Waals surface area contributed by atoms with E-state index in [1.165, 1.54) is 199 Å². The van der Waals surface area contributed by atoms with Crippen LogP contribution in [0, 0.1) is 0 Å². The van der Waals surface area contributed by atoms with Crippen molar-refractivity contribution in [1.82, 2.24) is 5.32 Å². The van der Waals surface area contributed by atoms with E-state index in [1.807, 2.05) is 27.2 Å². The molecule has 0 saturated heterocycles. The summed E-state index contributed by atoms with van der Waals surface area (Å²) in [6.45, 7) is 4.55. The molecule has 0 fully saturated rings. The zero-order valence-electron chi connectivity index (χ0n) is 48.1.